The van der Waals surface area contributed by atoms with Crippen molar-refractivity contribution in [1.82, 2.24) is 20.1 Å². The number of benzene rings is 2. The number of methoxy groups -OCH3 is 2. The molecule has 12 heteroatoms. The van der Waals surface area contributed by atoms with E-state index in [1.807, 2.05) is 49.6 Å². The van der Waals surface area contributed by atoms with Gasteiger partial charge in [0.2, 0.25) is 0 Å². The standard InChI is InChI=1S/C30H37ClN4O7/c1-7-40-25(36)17-23-28-34-33-24(12-9-15-32-29(37)42-30(2,3)4)35(28)21-14-13-18(31)16-20(21)26(41-23)19-10-8-11-22(38-5)27(19)39-6/h8,10-11,13-14,16,23,26H,7,9,12,15,17H2,1-6H3,(H,32,37). The largest absolute Gasteiger partial charge is 0.493 e. The molecule has 0 aliphatic carbocycles. The zero-order valence-electron chi connectivity index (χ0n) is 24.7. The first-order valence-electron chi connectivity index (χ1n) is 13.8. The number of rotatable bonds is 10. The molecule has 0 spiro atoms. The van der Waals surface area contributed by atoms with Crippen LogP contribution in [0.5, 0.6) is 11.5 Å². The lowest BCUT2D eigenvalue weighted by atomic mass is 9.98. The molecule has 2 atom stereocenters. The SMILES string of the molecule is CCOC(=O)CC1OC(c2cccc(OC)c2OC)c2cc(Cl)ccc2-n2c(CCCNC(=O)OC(C)(C)C)nnc21. The monoisotopic (exact) mass is 600 g/mol. The van der Waals surface area contributed by atoms with E-state index in [2.05, 4.69) is 15.5 Å². The molecule has 226 valence electrons. The van der Waals surface area contributed by atoms with Crippen LogP contribution >= 0.6 is 11.6 Å². The molecule has 2 unspecified atom stereocenters. The number of nitrogens with one attached hydrogen (secondary N) is 1. The number of aromatic nitrogens is 3. The lowest BCUT2D eigenvalue weighted by molar-refractivity contribution is -0.147. The van der Waals surface area contributed by atoms with Crippen LogP contribution in [0.3, 0.4) is 0 Å². The lowest BCUT2D eigenvalue weighted by Crippen LogP contribution is -2.33. The second-order valence-corrected chi connectivity index (χ2v) is 11.1. The number of hydrogen-bond acceptors (Lipinski definition) is 9. The Bertz CT molecular complexity index is 1420. The molecule has 1 N–H and O–H groups in total. The molecule has 0 saturated heterocycles. The molecule has 0 saturated carbocycles. The Morgan fingerprint density at radius 1 is 1.10 bits per heavy atom. The number of carbonyl (C=O) groups is 2. The average molecular weight is 601 g/mol. The Morgan fingerprint density at radius 2 is 1.88 bits per heavy atom. The summed E-state index contributed by atoms with van der Waals surface area (Å²) in [6.45, 7) is 7.79. The molecule has 0 bridgehead atoms. The minimum atomic E-state index is -0.808. The number of para-hydroxylation sites is 1. The summed E-state index contributed by atoms with van der Waals surface area (Å²) in [5.74, 6) is 1.68. The molecule has 1 aliphatic rings. The molecule has 1 aromatic heterocycles. The van der Waals surface area contributed by atoms with Crippen LogP contribution in [0.25, 0.3) is 5.69 Å². The van der Waals surface area contributed by atoms with Gasteiger partial charge in [0, 0.05) is 29.1 Å². The summed E-state index contributed by atoms with van der Waals surface area (Å²) in [6, 6.07) is 11.0. The maximum Gasteiger partial charge on any atom is 0.407 e. The van der Waals surface area contributed by atoms with E-state index in [-0.39, 0.29) is 13.0 Å². The van der Waals surface area contributed by atoms with Gasteiger partial charge in [-0.15, -0.1) is 10.2 Å². The van der Waals surface area contributed by atoms with E-state index in [9.17, 15) is 9.59 Å². The maximum absolute atomic E-state index is 12.7. The average Bonchev–Trinajstić information content (AvgIpc) is 3.30. The first kappa shape index (κ1) is 31.1. The van der Waals surface area contributed by atoms with E-state index in [1.165, 1.54) is 0 Å². The molecule has 3 aromatic rings. The van der Waals surface area contributed by atoms with Gasteiger partial charge < -0.3 is 29.0 Å². The van der Waals surface area contributed by atoms with Crippen molar-refractivity contribution < 1.29 is 33.3 Å². The van der Waals surface area contributed by atoms with Gasteiger partial charge in [-0.1, -0.05) is 23.7 Å². The first-order valence-corrected chi connectivity index (χ1v) is 14.2. The molecule has 0 radical (unpaired) electrons. The van der Waals surface area contributed by atoms with Gasteiger partial charge in [-0.3, -0.25) is 9.36 Å². The lowest BCUT2D eigenvalue weighted by Gasteiger charge is -2.24. The quantitative estimate of drug-likeness (QED) is 0.237. The number of fused-ring (bicyclic) bond motifs is 3. The van der Waals surface area contributed by atoms with E-state index < -0.39 is 29.9 Å². The molecule has 1 amide bonds. The van der Waals surface area contributed by atoms with Gasteiger partial charge >= 0.3 is 12.1 Å². The van der Waals surface area contributed by atoms with Crippen LogP contribution in [0.2, 0.25) is 5.02 Å². The third-order valence-corrected chi connectivity index (χ3v) is 6.71. The number of halogens is 1. The summed E-state index contributed by atoms with van der Waals surface area (Å²) in [7, 11) is 3.13. The van der Waals surface area contributed by atoms with Crippen molar-refractivity contribution >= 4 is 23.7 Å². The minimum Gasteiger partial charge on any atom is -0.493 e. The summed E-state index contributed by atoms with van der Waals surface area (Å²) in [5, 5.41) is 12.2. The van der Waals surface area contributed by atoms with Crippen LogP contribution in [0, 0.1) is 0 Å². The van der Waals surface area contributed by atoms with Gasteiger partial charge in [-0.25, -0.2) is 4.79 Å². The van der Waals surface area contributed by atoms with Gasteiger partial charge in [0.05, 0.1) is 32.9 Å². The maximum atomic E-state index is 12.7. The topological polar surface area (TPSA) is 123 Å². The molecule has 2 aromatic carbocycles. The van der Waals surface area contributed by atoms with Gasteiger partial charge in [-0.05, 0) is 58.4 Å². The van der Waals surface area contributed by atoms with Crippen LogP contribution in [-0.2, 0) is 25.4 Å². The third-order valence-electron chi connectivity index (χ3n) is 6.48. The Labute approximate surface area is 250 Å². The molecule has 42 heavy (non-hydrogen) atoms. The van der Waals surface area contributed by atoms with Crippen LogP contribution in [-0.4, -0.2) is 59.8 Å². The predicted molar refractivity (Wildman–Crippen MR) is 155 cm³/mol. The van der Waals surface area contributed by atoms with E-state index in [4.69, 9.17) is 35.3 Å². The van der Waals surface area contributed by atoms with Crippen molar-refractivity contribution in [3.8, 4) is 17.2 Å². The second kappa shape index (κ2) is 13.4. The Balaban J connectivity index is 1.75. The molecular formula is C30H37ClN4O7. The van der Waals surface area contributed by atoms with Crippen LogP contribution in [0.15, 0.2) is 36.4 Å². The fourth-order valence-electron chi connectivity index (χ4n) is 4.82. The highest BCUT2D eigenvalue weighted by atomic mass is 35.5. The smallest absolute Gasteiger partial charge is 0.407 e. The van der Waals surface area contributed by atoms with Crippen LogP contribution in [0.1, 0.15) is 75.5 Å². The van der Waals surface area contributed by atoms with Crippen molar-refractivity contribution in [3.63, 3.8) is 0 Å². The van der Waals surface area contributed by atoms with Gasteiger partial charge in [-0.2, -0.15) is 0 Å². The van der Waals surface area contributed by atoms with E-state index in [1.54, 1.807) is 33.3 Å². The fraction of sp³-hybridized carbons (Fsp3) is 0.467. The number of nitrogens with zero attached hydrogens (tertiary/aromatic N) is 3. The zero-order valence-corrected chi connectivity index (χ0v) is 25.5. The minimum absolute atomic E-state index is 0.0866. The number of esters is 1. The molecule has 11 nitrogen and oxygen atoms in total. The van der Waals surface area contributed by atoms with Crippen molar-refractivity contribution in [1.29, 1.82) is 0 Å². The number of alkyl carbamates (subject to hydrolysis) is 1. The molecular weight excluding hydrogens is 564 g/mol. The van der Waals surface area contributed by atoms with E-state index in [0.717, 1.165) is 11.3 Å². The number of ether oxygens (including phenoxy) is 5. The van der Waals surface area contributed by atoms with Gasteiger partial charge in [0.25, 0.3) is 0 Å². The molecule has 4 rings (SSSR count). The number of aryl methyl sites for hydroxylation is 1. The molecule has 1 aliphatic heterocycles. The van der Waals surface area contributed by atoms with Crippen LogP contribution in [0.4, 0.5) is 4.79 Å². The van der Waals surface area contributed by atoms with Crippen LogP contribution < -0.4 is 14.8 Å². The Hall–Kier alpha value is -3.83. The summed E-state index contributed by atoms with van der Waals surface area (Å²) in [6.07, 6.45) is -1.04. The van der Waals surface area contributed by atoms with Crippen molar-refractivity contribution in [2.24, 2.45) is 0 Å². The molecule has 0 fully saturated rings. The first-order chi connectivity index (χ1) is 20.1. The molecule has 2 heterocycles. The Kier molecular flexibility index (Phi) is 9.95. The second-order valence-electron chi connectivity index (χ2n) is 10.6. The van der Waals surface area contributed by atoms with Gasteiger partial charge in [0.15, 0.2) is 17.3 Å². The summed E-state index contributed by atoms with van der Waals surface area (Å²) >= 11 is 6.52. The highest BCUT2D eigenvalue weighted by Crippen LogP contribution is 2.46. The zero-order chi connectivity index (χ0) is 30.4. The van der Waals surface area contributed by atoms with Gasteiger partial charge in [0.1, 0.15) is 23.6 Å². The summed E-state index contributed by atoms with van der Waals surface area (Å²) in [4.78, 5) is 24.8. The summed E-state index contributed by atoms with van der Waals surface area (Å²) in [5.41, 5.74) is 1.58. The van der Waals surface area contributed by atoms with Crippen molar-refractivity contribution in [2.45, 2.75) is 64.8 Å². The number of hydrogen-bond donors (Lipinski definition) is 1. The Morgan fingerprint density at radius 3 is 2.57 bits per heavy atom. The van der Waals surface area contributed by atoms with Crippen molar-refractivity contribution in [3.05, 3.63) is 64.2 Å². The fourth-order valence-corrected chi connectivity index (χ4v) is 5.00. The highest BCUT2D eigenvalue weighted by molar-refractivity contribution is 6.30. The third kappa shape index (κ3) is 7.14. The number of amides is 1. The van der Waals surface area contributed by atoms with E-state index in [0.29, 0.717) is 53.1 Å². The normalized spacial score (nSPS) is 16.1. The van der Waals surface area contributed by atoms with E-state index >= 15 is 0 Å². The summed E-state index contributed by atoms with van der Waals surface area (Å²) < 4.78 is 30.5. The highest BCUT2D eigenvalue weighted by Gasteiger charge is 2.37. The predicted octanol–water partition coefficient (Wildman–Crippen LogP) is 5.51. The van der Waals surface area contributed by atoms with Crippen molar-refractivity contribution in [2.75, 3.05) is 27.4 Å². The number of carbonyl (C=O) groups excluding carboxylic acids is 2.